The van der Waals surface area contributed by atoms with Crippen LogP contribution in [0.15, 0.2) is 65.6 Å². The molecule has 0 saturated heterocycles. The van der Waals surface area contributed by atoms with Crippen LogP contribution in [0.5, 0.6) is 5.75 Å². The van der Waals surface area contributed by atoms with Crippen LogP contribution in [0.4, 0.5) is 0 Å². The Balaban J connectivity index is 1.81. The van der Waals surface area contributed by atoms with Crippen LogP contribution in [-0.2, 0) is 0 Å². The zero-order valence-corrected chi connectivity index (χ0v) is 18.1. The van der Waals surface area contributed by atoms with E-state index in [-0.39, 0.29) is 5.91 Å². The zero-order valence-electron chi connectivity index (χ0n) is 18.1. The number of benzene rings is 2. The van der Waals surface area contributed by atoms with Crippen LogP contribution in [0.2, 0.25) is 0 Å². The number of carbonyl (C=O) groups is 1. The molecule has 4 aromatic rings. The van der Waals surface area contributed by atoms with E-state index in [1.165, 1.54) is 0 Å². The van der Waals surface area contributed by atoms with Gasteiger partial charge < -0.3 is 14.5 Å². The summed E-state index contributed by atoms with van der Waals surface area (Å²) in [6.07, 6.45) is 1.64. The maximum absolute atomic E-state index is 12.2. The van der Waals surface area contributed by atoms with Crippen LogP contribution in [0.25, 0.3) is 28.5 Å². The summed E-state index contributed by atoms with van der Waals surface area (Å²) in [6.45, 7) is 7.73. The molecule has 2 aromatic carbocycles. The van der Waals surface area contributed by atoms with E-state index in [1.807, 2.05) is 48.0 Å². The van der Waals surface area contributed by atoms with Crippen LogP contribution in [0.3, 0.4) is 0 Å². The molecule has 1 N–H and O–H groups in total. The summed E-state index contributed by atoms with van der Waals surface area (Å²) in [5.74, 6) is 1.43. The number of hydrogen-bond acceptors (Lipinski definition) is 6. The predicted octanol–water partition coefficient (Wildman–Crippen LogP) is 4.13. The quantitative estimate of drug-likeness (QED) is 0.444. The standard InChI is InChI=1S/C24H23N5O3/c1-5-14-25-23(30)18-6-10-19(11-7-18)29-22(17-8-12-20(31-4)13-9-17)15(2)21(28-29)24-27-26-16(3)32-24/h5-13H,1,14H2,2-4H3,(H,25,30). The van der Waals surface area contributed by atoms with Gasteiger partial charge in [-0.2, -0.15) is 5.10 Å². The van der Waals surface area contributed by atoms with E-state index >= 15 is 0 Å². The first kappa shape index (κ1) is 21.0. The third kappa shape index (κ3) is 4.02. The van der Waals surface area contributed by atoms with E-state index in [1.54, 1.807) is 32.2 Å². The second-order valence-electron chi connectivity index (χ2n) is 7.13. The molecule has 0 spiro atoms. The number of nitrogens with one attached hydrogen (secondary N) is 1. The van der Waals surface area contributed by atoms with Gasteiger partial charge in [0.25, 0.3) is 11.8 Å². The fourth-order valence-electron chi connectivity index (χ4n) is 3.39. The van der Waals surface area contributed by atoms with Crippen LogP contribution < -0.4 is 10.1 Å². The summed E-state index contributed by atoms with van der Waals surface area (Å²) in [7, 11) is 1.63. The molecular formula is C24H23N5O3. The van der Waals surface area contributed by atoms with Gasteiger partial charge in [0.1, 0.15) is 5.75 Å². The molecule has 0 fully saturated rings. The van der Waals surface area contributed by atoms with E-state index in [0.717, 1.165) is 28.3 Å². The molecule has 0 saturated carbocycles. The normalized spacial score (nSPS) is 10.7. The maximum atomic E-state index is 12.2. The fourth-order valence-corrected chi connectivity index (χ4v) is 3.39. The number of amides is 1. The molecule has 4 rings (SSSR count). The SMILES string of the molecule is C=CCNC(=O)c1ccc(-n2nc(-c3nnc(C)o3)c(C)c2-c2ccc(OC)cc2)cc1. The average Bonchev–Trinajstić information content (AvgIpc) is 3.40. The smallest absolute Gasteiger partial charge is 0.268 e. The minimum Gasteiger partial charge on any atom is -0.497 e. The van der Waals surface area contributed by atoms with Crippen LogP contribution in [-0.4, -0.2) is 39.5 Å². The first-order valence-electron chi connectivity index (χ1n) is 10.1. The van der Waals surface area contributed by atoms with Crippen LogP contribution in [0, 0.1) is 13.8 Å². The number of methoxy groups -OCH3 is 1. The second-order valence-corrected chi connectivity index (χ2v) is 7.13. The van der Waals surface area contributed by atoms with Crippen molar-refractivity contribution in [3.8, 4) is 34.3 Å². The average molecular weight is 429 g/mol. The first-order chi connectivity index (χ1) is 15.5. The Kier molecular flexibility index (Phi) is 5.85. The molecule has 8 nitrogen and oxygen atoms in total. The van der Waals surface area contributed by atoms with Crippen molar-refractivity contribution < 1.29 is 13.9 Å². The lowest BCUT2D eigenvalue weighted by Crippen LogP contribution is -2.23. The van der Waals surface area contributed by atoms with Gasteiger partial charge >= 0.3 is 0 Å². The lowest BCUT2D eigenvalue weighted by Gasteiger charge is -2.10. The lowest BCUT2D eigenvalue weighted by molar-refractivity contribution is 0.0958. The number of hydrogen-bond donors (Lipinski definition) is 1. The molecule has 162 valence electrons. The molecule has 0 aliphatic rings. The van der Waals surface area contributed by atoms with E-state index in [0.29, 0.717) is 29.6 Å². The highest BCUT2D eigenvalue weighted by Gasteiger charge is 2.22. The minimum atomic E-state index is -0.162. The van der Waals surface area contributed by atoms with E-state index in [2.05, 4.69) is 22.1 Å². The van der Waals surface area contributed by atoms with Gasteiger partial charge in [0.15, 0.2) is 5.69 Å². The number of rotatable bonds is 7. The summed E-state index contributed by atoms with van der Waals surface area (Å²) in [5, 5.41) is 15.6. The number of carbonyl (C=O) groups excluding carboxylic acids is 1. The van der Waals surface area contributed by atoms with Crippen molar-refractivity contribution in [1.82, 2.24) is 25.3 Å². The Morgan fingerprint density at radius 1 is 1.12 bits per heavy atom. The highest BCUT2D eigenvalue weighted by Crippen LogP contribution is 2.34. The summed E-state index contributed by atoms with van der Waals surface area (Å²) < 4.78 is 12.7. The van der Waals surface area contributed by atoms with Crippen molar-refractivity contribution in [2.24, 2.45) is 0 Å². The number of aryl methyl sites for hydroxylation is 1. The van der Waals surface area contributed by atoms with Crippen molar-refractivity contribution >= 4 is 5.91 Å². The summed E-state index contributed by atoms with van der Waals surface area (Å²) in [6, 6.07) is 15.0. The molecular weight excluding hydrogens is 406 g/mol. The van der Waals surface area contributed by atoms with Gasteiger partial charge in [-0.15, -0.1) is 16.8 Å². The van der Waals surface area contributed by atoms with Gasteiger partial charge in [-0.3, -0.25) is 4.79 Å². The van der Waals surface area contributed by atoms with Crippen molar-refractivity contribution in [3.05, 3.63) is 78.2 Å². The fraction of sp³-hybridized carbons (Fsp3) is 0.167. The first-order valence-corrected chi connectivity index (χ1v) is 10.1. The largest absolute Gasteiger partial charge is 0.497 e. The summed E-state index contributed by atoms with van der Waals surface area (Å²) in [4.78, 5) is 12.2. The van der Waals surface area contributed by atoms with E-state index in [4.69, 9.17) is 14.3 Å². The third-order valence-corrected chi connectivity index (χ3v) is 5.00. The summed E-state index contributed by atoms with van der Waals surface area (Å²) >= 11 is 0. The van der Waals surface area contributed by atoms with Gasteiger partial charge in [-0.25, -0.2) is 4.68 Å². The van der Waals surface area contributed by atoms with Gasteiger partial charge in [-0.05, 0) is 55.5 Å². The molecule has 2 heterocycles. The molecule has 0 unspecified atom stereocenters. The number of nitrogens with zero attached hydrogens (tertiary/aromatic N) is 4. The molecule has 0 bridgehead atoms. The van der Waals surface area contributed by atoms with Crippen LogP contribution in [0.1, 0.15) is 21.8 Å². The molecule has 0 radical (unpaired) electrons. The molecule has 0 atom stereocenters. The van der Waals surface area contributed by atoms with Gasteiger partial charge in [0.05, 0.1) is 18.5 Å². The van der Waals surface area contributed by atoms with Crippen molar-refractivity contribution in [1.29, 1.82) is 0 Å². The predicted molar refractivity (Wildman–Crippen MR) is 121 cm³/mol. The zero-order chi connectivity index (χ0) is 22.7. The summed E-state index contributed by atoms with van der Waals surface area (Å²) in [5.41, 5.74) is 4.67. The van der Waals surface area contributed by atoms with Crippen molar-refractivity contribution in [2.75, 3.05) is 13.7 Å². The van der Waals surface area contributed by atoms with Gasteiger partial charge in [-0.1, -0.05) is 6.08 Å². The van der Waals surface area contributed by atoms with Gasteiger partial charge in [0, 0.05) is 30.2 Å². The molecule has 8 heteroatoms. The molecule has 1 amide bonds. The minimum absolute atomic E-state index is 0.162. The monoisotopic (exact) mass is 429 g/mol. The lowest BCUT2D eigenvalue weighted by atomic mass is 10.1. The molecule has 2 aromatic heterocycles. The number of ether oxygens (including phenoxy) is 1. The third-order valence-electron chi connectivity index (χ3n) is 5.00. The molecule has 32 heavy (non-hydrogen) atoms. The Labute approximate surface area is 185 Å². The van der Waals surface area contributed by atoms with Crippen LogP contribution >= 0.6 is 0 Å². The highest BCUT2D eigenvalue weighted by atomic mass is 16.5. The topological polar surface area (TPSA) is 95.1 Å². The van der Waals surface area contributed by atoms with Crippen molar-refractivity contribution in [3.63, 3.8) is 0 Å². The van der Waals surface area contributed by atoms with Crippen molar-refractivity contribution in [2.45, 2.75) is 13.8 Å². The Bertz CT molecular complexity index is 1250. The van der Waals surface area contributed by atoms with E-state index < -0.39 is 0 Å². The highest BCUT2D eigenvalue weighted by molar-refractivity contribution is 5.94. The maximum Gasteiger partial charge on any atom is 0.268 e. The Morgan fingerprint density at radius 3 is 2.44 bits per heavy atom. The van der Waals surface area contributed by atoms with E-state index in [9.17, 15) is 4.79 Å². The Morgan fingerprint density at radius 2 is 1.84 bits per heavy atom. The van der Waals surface area contributed by atoms with Gasteiger partial charge in [0.2, 0.25) is 5.89 Å². The second kappa shape index (κ2) is 8.89. The molecule has 0 aliphatic carbocycles. The Hall–Kier alpha value is -4.20. The number of aromatic nitrogens is 4. The molecule has 0 aliphatic heterocycles.